The van der Waals surface area contributed by atoms with Crippen molar-refractivity contribution >= 4 is 17.5 Å². The zero-order valence-electron chi connectivity index (χ0n) is 15.8. The Kier molecular flexibility index (Phi) is 6.12. The van der Waals surface area contributed by atoms with Crippen LogP contribution in [0, 0.1) is 0 Å². The largest absolute Gasteiger partial charge is 0.368 e. The highest BCUT2D eigenvalue weighted by molar-refractivity contribution is 6.31. The number of hydrogen-bond donors (Lipinski definition) is 0. The molecule has 0 N–H and O–H groups in total. The summed E-state index contributed by atoms with van der Waals surface area (Å²) in [5.41, 5.74) is 2.97. The summed E-state index contributed by atoms with van der Waals surface area (Å²) < 4.78 is 7.41. The van der Waals surface area contributed by atoms with Crippen LogP contribution in [0.2, 0.25) is 5.02 Å². The van der Waals surface area contributed by atoms with E-state index < -0.39 is 0 Å². The molecule has 8 nitrogen and oxygen atoms in total. The Bertz CT molecular complexity index is 948. The molecule has 1 atom stereocenters. The second-order valence-corrected chi connectivity index (χ2v) is 7.29. The van der Waals surface area contributed by atoms with Gasteiger partial charge in [-0.05, 0) is 33.7 Å². The van der Waals surface area contributed by atoms with Crippen LogP contribution in [-0.2, 0) is 22.5 Å². The van der Waals surface area contributed by atoms with Crippen LogP contribution < -0.4 is 0 Å². The summed E-state index contributed by atoms with van der Waals surface area (Å²) in [7, 11) is 0. The van der Waals surface area contributed by atoms with Crippen molar-refractivity contribution in [3.8, 4) is 0 Å². The van der Waals surface area contributed by atoms with E-state index in [4.69, 9.17) is 16.3 Å². The van der Waals surface area contributed by atoms with Crippen LogP contribution in [0.3, 0.4) is 0 Å². The van der Waals surface area contributed by atoms with Crippen LogP contribution in [0.15, 0.2) is 48.9 Å². The Morgan fingerprint density at radius 3 is 2.90 bits per heavy atom. The number of aromatic nitrogens is 5. The van der Waals surface area contributed by atoms with Gasteiger partial charge in [0.05, 0.1) is 25.4 Å². The maximum Gasteiger partial charge on any atom is 0.224 e. The van der Waals surface area contributed by atoms with Crippen molar-refractivity contribution < 1.29 is 9.53 Å². The zero-order valence-corrected chi connectivity index (χ0v) is 16.6. The topological polar surface area (TPSA) is 86.0 Å². The number of pyridine rings is 1. The van der Waals surface area contributed by atoms with Crippen LogP contribution in [0.25, 0.3) is 0 Å². The highest BCUT2D eigenvalue weighted by Gasteiger charge is 2.26. The van der Waals surface area contributed by atoms with E-state index in [1.165, 1.54) is 6.33 Å². The second-order valence-electron chi connectivity index (χ2n) is 6.88. The number of benzene rings is 1. The summed E-state index contributed by atoms with van der Waals surface area (Å²) in [6.45, 7) is 2.02. The van der Waals surface area contributed by atoms with E-state index in [2.05, 4.69) is 20.5 Å². The van der Waals surface area contributed by atoms with Gasteiger partial charge in [-0.15, -0.1) is 5.10 Å². The first-order valence-electron chi connectivity index (χ1n) is 9.47. The predicted octanol–water partition coefficient (Wildman–Crippen LogP) is 2.30. The molecule has 9 heteroatoms. The fourth-order valence-electron chi connectivity index (χ4n) is 3.30. The number of hydrogen-bond acceptors (Lipinski definition) is 6. The van der Waals surface area contributed by atoms with E-state index in [-0.39, 0.29) is 12.0 Å². The van der Waals surface area contributed by atoms with Crippen LogP contribution in [0.1, 0.15) is 29.3 Å². The number of nitrogens with zero attached hydrogens (tertiary/aromatic N) is 6. The first-order chi connectivity index (χ1) is 14.2. The van der Waals surface area contributed by atoms with Crippen LogP contribution >= 0.6 is 11.6 Å². The molecule has 4 rings (SSSR count). The van der Waals surface area contributed by atoms with Crippen LogP contribution in [0.4, 0.5) is 0 Å². The molecule has 150 valence electrons. The fourth-order valence-corrected chi connectivity index (χ4v) is 3.50. The molecule has 3 heterocycles. The summed E-state index contributed by atoms with van der Waals surface area (Å²) in [4.78, 5) is 18.9. The number of morpholine rings is 1. The van der Waals surface area contributed by atoms with Gasteiger partial charge in [0.25, 0.3) is 0 Å². The molecular formula is C20H21ClN6O2. The monoisotopic (exact) mass is 412 g/mol. The highest BCUT2D eigenvalue weighted by atomic mass is 35.5. The summed E-state index contributed by atoms with van der Waals surface area (Å²) in [5, 5.41) is 11.7. The third-order valence-corrected chi connectivity index (χ3v) is 5.26. The normalized spacial score (nSPS) is 16.7. The van der Waals surface area contributed by atoms with Gasteiger partial charge in [0.1, 0.15) is 12.4 Å². The lowest BCUT2D eigenvalue weighted by Gasteiger charge is -2.32. The minimum Gasteiger partial charge on any atom is -0.368 e. The lowest BCUT2D eigenvalue weighted by atomic mass is 10.1. The molecule has 0 radical (unpaired) electrons. The lowest BCUT2D eigenvalue weighted by Crippen LogP contribution is -2.42. The molecule has 3 aromatic rings. The van der Waals surface area contributed by atoms with E-state index in [1.807, 2.05) is 47.5 Å². The smallest absolute Gasteiger partial charge is 0.224 e. The molecule has 1 aliphatic heterocycles. The van der Waals surface area contributed by atoms with Gasteiger partial charge < -0.3 is 9.64 Å². The molecule has 29 heavy (non-hydrogen) atoms. The molecule has 1 aromatic carbocycles. The van der Waals surface area contributed by atoms with E-state index in [0.29, 0.717) is 32.7 Å². The van der Waals surface area contributed by atoms with E-state index >= 15 is 0 Å². The molecule has 1 fully saturated rings. The Morgan fingerprint density at radius 2 is 2.14 bits per heavy atom. The first kappa shape index (κ1) is 19.5. The number of tetrazole rings is 1. The average Bonchev–Trinajstić information content (AvgIpc) is 3.28. The third-order valence-electron chi connectivity index (χ3n) is 4.90. The number of halogens is 1. The number of aryl methyl sites for hydroxylation is 1. The van der Waals surface area contributed by atoms with E-state index in [9.17, 15) is 4.79 Å². The van der Waals surface area contributed by atoms with Crippen molar-refractivity contribution in [3.05, 3.63) is 70.8 Å². The van der Waals surface area contributed by atoms with Gasteiger partial charge in [-0.25, -0.2) is 4.68 Å². The fraction of sp³-hybridized carbons (Fsp3) is 0.350. The number of ether oxygens (including phenoxy) is 1. The Hall–Kier alpha value is -2.84. The van der Waals surface area contributed by atoms with E-state index in [0.717, 1.165) is 28.3 Å². The Labute approximate surface area is 173 Å². The highest BCUT2D eigenvalue weighted by Crippen LogP contribution is 2.23. The lowest BCUT2D eigenvalue weighted by molar-refractivity contribution is -0.139. The zero-order chi connectivity index (χ0) is 20.1. The number of carbonyl (C=O) groups is 1. The quantitative estimate of drug-likeness (QED) is 0.617. The molecule has 0 bridgehead atoms. The summed E-state index contributed by atoms with van der Waals surface area (Å²) in [6.07, 6.45) is 4.20. The van der Waals surface area contributed by atoms with Crippen molar-refractivity contribution in [2.75, 3.05) is 19.7 Å². The van der Waals surface area contributed by atoms with Gasteiger partial charge in [0.2, 0.25) is 5.91 Å². The van der Waals surface area contributed by atoms with E-state index in [1.54, 1.807) is 4.68 Å². The predicted molar refractivity (Wildman–Crippen MR) is 106 cm³/mol. The molecular weight excluding hydrogens is 392 g/mol. The molecule has 0 unspecified atom stereocenters. The van der Waals surface area contributed by atoms with Gasteiger partial charge >= 0.3 is 0 Å². The summed E-state index contributed by atoms with van der Waals surface area (Å²) in [6, 6.07) is 11.8. The van der Waals surface area contributed by atoms with Gasteiger partial charge in [-0.2, -0.15) is 0 Å². The standard InChI is InChI=1S/C20H21ClN6O2/c21-17-4-2-1-3-16(17)11-15-5-6-18(22-12-15)19-13-26(9-10-29-19)20(28)7-8-27-14-23-24-25-27/h1-6,12,14,19H,7-11,13H2/t19-/m0/s1. The summed E-state index contributed by atoms with van der Waals surface area (Å²) >= 11 is 6.24. The maximum absolute atomic E-state index is 12.5. The first-order valence-corrected chi connectivity index (χ1v) is 9.85. The summed E-state index contributed by atoms with van der Waals surface area (Å²) in [5.74, 6) is 0.0594. The van der Waals surface area contributed by atoms with Gasteiger partial charge in [0.15, 0.2) is 0 Å². The minimum absolute atomic E-state index is 0.0594. The van der Waals surface area contributed by atoms with Crippen molar-refractivity contribution in [1.82, 2.24) is 30.1 Å². The molecule has 1 aliphatic rings. The molecule has 0 spiro atoms. The number of carbonyl (C=O) groups excluding carboxylic acids is 1. The van der Waals surface area contributed by atoms with Crippen LogP contribution in [0.5, 0.6) is 0 Å². The van der Waals surface area contributed by atoms with Gasteiger partial charge in [-0.3, -0.25) is 9.78 Å². The van der Waals surface area contributed by atoms with Crippen molar-refractivity contribution in [2.24, 2.45) is 0 Å². The Morgan fingerprint density at radius 1 is 1.24 bits per heavy atom. The maximum atomic E-state index is 12.5. The SMILES string of the molecule is O=C(CCn1cnnn1)N1CCO[C@H](c2ccc(Cc3ccccc3Cl)cn2)C1. The molecule has 1 saturated heterocycles. The van der Waals surface area contributed by atoms with Crippen LogP contribution in [-0.4, -0.2) is 55.7 Å². The number of amides is 1. The van der Waals surface area contributed by atoms with Crippen molar-refractivity contribution in [2.45, 2.75) is 25.5 Å². The molecule has 1 amide bonds. The van der Waals surface area contributed by atoms with Gasteiger partial charge in [0, 0.05) is 30.6 Å². The third kappa shape index (κ3) is 4.96. The molecule has 0 saturated carbocycles. The van der Waals surface area contributed by atoms with Gasteiger partial charge in [-0.1, -0.05) is 35.9 Å². The second kappa shape index (κ2) is 9.11. The van der Waals surface area contributed by atoms with Crippen molar-refractivity contribution in [1.29, 1.82) is 0 Å². The minimum atomic E-state index is -0.227. The molecule has 0 aliphatic carbocycles. The average molecular weight is 413 g/mol. The number of rotatable bonds is 6. The van der Waals surface area contributed by atoms with Crippen molar-refractivity contribution in [3.63, 3.8) is 0 Å². The Balaban J connectivity index is 1.35. The molecule has 2 aromatic heterocycles.